The first-order valence-corrected chi connectivity index (χ1v) is 9.77. The molecule has 3 saturated heterocycles. The highest BCUT2D eigenvalue weighted by atomic mass is 16.5. The van der Waals surface area contributed by atoms with Gasteiger partial charge in [-0.25, -0.2) is 4.79 Å². The van der Waals surface area contributed by atoms with Crippen molar-refractivity contribution in [1.29, 1.82) is 0 Å². The van der Waals surface area contributed by atoms with Gasteiger partial charge in [0.2, 0.25) is 0 Å². The highest BCUT2D eigenvalue weighted by Crippen LogP contribution is 2.30. The Morgan fingerprint density at radius 1 is 1.04 bits per heavy atom. The number of carbonyl (C=O) groups excluding carboxylic acids is 1. The molecule has 1 atom stereocenters. The van der Waals surface area contributed by atoms with Crippen molar-refractivity contribution >= 4 is 6.03 Å². The molecular weight excluding hydrogens is 320 g/mol. The Hall–Kier alpha value is -0.890. The molecule has 3 fully saturated rings. The van der Waals surface area contributed by atoms with Gasteiger partial charge in [0.05, 0.1) is 13.2 Å². The molecule has 3 heterocycles. The van der Waals surface area contributed by atoms with Crippen LogP contribution in [-0.4, -0.2) is 91.6 Å². The predicted molar refractivity (Wildman–Crippen MR) is 96.7 cm³/mol. The van der Waals surface area contributed by atoms with Gasteiger partial charge in [-0.2, -0.15) is 0 Å². The molecule has 0 aromatic heterocycles. The molecule has 0 spiro atoms. The van der Waals surface area contributed by atoms with E-state index in [4.69, 9.17) is 4.74 Å². The average molecular weight is 354 g/mol. The molecule has 25 heavy (non-hydrogen) atoms. The maximum Gasteiger partial charge on any atom is 0.314 e. The number of likely N-dealkylation sites (tertiary alicyclic amines) is 2. The van der Waals surface area contributed by atoms with Gasteiger partial charge >= 0.3 is 6.03 Å². The Balaban J connectivity index is 1.52. The molecule has 3 N–H and O–H groups in total. The van der Waals surface area contributed by atoms with Crippen molar-refractivity contribution in [3.63, 3.8) is 0 Å². The van der Waals surface area contributed by atoms with E-state index < -0.39 is 5.60 Å². The standard InChI is InChI=1S/C18H34N4O3/c1-21-10-5-17(6-11-21,22-8-3-2-4-9-22)13-19-16(23)20-14-18(24)7-12-25-15-18/h24H,2-15H2,1H3,(H2,19,20,23). The first-order chi connectivity index (χ1) is 12.0. The smallest absolute Gasteiger partial charge is 0.314 e. The summed E-state index contributed by atoms with van der Waals surface area (Å²) in [7, 11) is 2.17. The molecular formula is C18H34N4O3. The number of rotatable bonds is 5. The monoisotopic (exact) mass is 354 g/mol. The van der Waals surface area contributed by atoms with Crippen molar-refractivity contribution in [3.8, 4) is 0 Å². The summed E-state index contributed by atoms with van der Waals surface area (Å²) in [5.74, 6) is 0. The Kier molecular flexibility index (Phi) is 6.20. The SMILES string of the molecule is CN1CCC(CNC(=O)NCC2(O)CCOC2)(N2CCCCC2)CC1. The fourth-order valence-corrected chi connectivity index (χ4v) is 4.30. The van der Waals surface area contributed by atoms with Crippen molar-refractivity contribution in [2.45, 2.75) is 49.7 Å². The Labute approximate surface area is 151 Å². The molecule has 0 aliphatic carbocycles. The molecule has 0 aromatic rings. The van der Waals surface area contributed by atoms with Crippen LogP contribution < -0.4 is 10.6 Å². The Morgan fingerprint density at radius 3 is 2.36 bits per heavy atom. The van der Waals surface area contributed by atoms with Crippen LogP contribution in [0.2, 0.25) is 0 Å². The molecule has 2 amide bonds. The first kappa shape index (κ1) is 18.9. The Morgan fingerprint density at radius 2 is 1.72 bits per heavy atom. The summed E-state index contributed by atoms with van der Waals surface area (Å²) >= 11 is 0. The van der Waals surface area contributed by atoms with E-state index in [0.29, 0.717) is 26.2 Å². The summed E-state index contributed by atoms with van der Waals surface area (Å²) < 4.78 is 5.22. The minimum atomic E-state index is -0.907. The van der Waals surface area contributed by atoms with Crippen molar-refractivity contribution in [2.75, 3.05) is 59.5 Å². The third kappa shape index (κ3) is 4.84. The zero-order valence-electron chi connectivity index (χ0n) is 15.6. The minimum Gasteiger partial charge on any atom is -0.386 e. The second-order valence-electron chi connectivity index (χ2n) is 8.14. The second-order valence-corrected chi connectivity index (χ2v) is 8.14. The average Bonchev–Trinajstić information content (AvgIpc) is 3.08. The number of piperidine rings is 2. The van der Waals surface area contributed by atoms with E-state index in [9.17, 15) is 9.90 Å². The molecule has 1 unspecified atom stereocenters. The number of nitrogens with zero attached hydrogens (tertiary/aromatic N) is 2. The number of ether oxygens (including phenoxy) is 1. The predicted octanol–water partition coefficient (Wildman–Crippen LogP) is 0.387. The van der Waals surface area contributed by atoms with Crippen molar-refractivity contribution < 1.29 is 14.6 Å². The minimum absolute atomic E-state index is 0.0810. The fourth-order valence-electron chi connectivity index (χ4n) is 4.30. The van der Waals surface area contributed by atoms with Crippen LogP contribution in [-0.2, 0) is 4.74 Å². The molecule has 0 bridgehead atoms. The van der Waals surface area contributed by atoms with E-state index >= 15 is 0 Å². The highest BCUT2D eigenvalue weighted by Gasteiger charge is 2.40. The van der Waals surface area contributed by atoms with Crippen LogP contribution in [0.4, 0.5) is 4.79 Å². The molecule has 0 radical (unpaired) electrons. The van der Waals surface area contributed by atoms with E-state index in [1.165, 1.54) is 19.3 Å². The normalized spacial score (nSPS) is 31.0. The lowest BCUT2D eigenvalue weighted by atomic mass is 9.84. The van der Waals surface area contributed by atoms with Gasteiger partial charge in [-0.15, -0.1) is 0 Å². The van der Waals surface area contributed by atoms with Gasteiger partial charge in [0.15, 0.2) is 0 Å². The van der Waals surface area contributed by atoms with Crippen LogP contribution >= 0.6 is 0 Å². The summed E-state index contributed by atoms with van der Waals surface area (Å²) in [5.41, 5.74) is -0.826. The van der Waals surface area contributed by atoms with E-state index in [2.05, 4.69) is 27.5 Å². The molecule has 3 aliphatic rings. The van der Waals surface area contributed by atoms with Gasteiger partial charge in [0.25, 0.3) is 0 Å². The van der Waals surface area contributed by atoms with Crippen LogP contribution in [0.5, 0.6) is 0 Å². The zero-order chi connectivity index (χ0) is 17.8. The van der Waals surface area contributed by atoms with Gasteiger partial charge < -0.3 is 25.4 Å². The number of carbonyl (C=O) groups is 1. The lowest BCUT2D eigenvalue weighted by molar-refractivity contribution is 0.0152. The van der Waals surface area contributed by atoms with Crippen LogP contribution in [0.25, 0.3) is 0 Å². The van der Waals surface area contributed by atoms with Crippen molar-refractivity contribution in [1.82, 2.24) is 20.4 Å². The van der Waals surface area contributed by atoms with Crippen LogP contribution in [0.1, 0.15) is 38.5 Å². The van der Waals surface area contributed by atoms with E-state index in [1.807, 2.05) is 0 Å². The van der Waals surface area contributed by atoms with Crippen molar-refractivity contribution in [2.24, 2.45) is 0 Å². The van der Waals surface area contributed by atoms with Crippen molar-refractivity contribution in [3.05, 3.63) is 0 Å². The molecule has 3 aliphatic heterocycles. The lowest BCUT2D eigenvalue weighted by Crippen LogP contribution is -2.62. The number of nitrogens with one attached hydrogen (secondary N) is 2. The summed E-state index contributed by atoms with van der Waals surface area (Å²) in [6, 6.07) is -0.185. The second kappa shape index (κ2) is 8.20. The summed E-state index contributed by atoms with van der Waals surface area (Å²) in [5, 5.41) is 16.2. The maximum absolute atomic E-state index is 12.3. The number of urea groups is 1. The molecule has 7 nitrogen and oxygen atoms in total. The van der Waals surface area contributed by atoms with Crippen LogP contribution in [0, 0.1) is 0 Å². The molecule has 144 valence electrons. The quantitative estimate of drug-likeness (QED) is 0.666. The third-order valence-electron chi connectivity index (χ3n) is 6.18. The topological polar surface area (TPSA) is 77.1 Å². The number of aliphatic hydroxyl groups is 1. The molecule has 0 saturated carbocycles. The van der Waals surface area contributed by atoms with E-state index in [1.54, 1.807) is 0 Å². The van der Waals surface area contributed by atoms with Crippen LogP contribution in [0.15, 0.2) is 0 Å². The van der Waals surface area contributed by atoms with Crippen LogP contribution in [0.3, 0.4) is 0 Å². The van der Waals surface area contributed by atoms with E-state index in [0.717, 1.165) is 39.0 Å². The first-order valence-electron chi connectivity index (χ1n) is 9.77. The van der Waals surface area contributed by atoms with Gasteiger partial charge in [0.1, 0.15) is 5.60 Å². The molecule has 7 heteroatoms. The molecule has 3 rings (SSSR count). The number of hydrogen-bond acceptors (Lipinski definition) is 5. The fraction of sp³-hybridized carbons (Fsp3) is 0.944. The van der Waals surface area contributed by atoms with E-state index in [-0.39, 0.29) is 18.1 Å². The summed E-state index contributed by atoms with van der Waals surface area (Å²) in [4.78, 5) is 17.3. The highest BCUT2D eigenvalue weighted by molar-refractivity contribution is 5.74. The maximum atomic E-state index is 12.3. The largest absolute Gasteiger partial charge is 0.386 e. The summed E-state index contributed by atoms with van der Waals surface area (Å²) in [6.07, 6.45) is 6.62. The Bertz CT molecular complexity index is 440. The number of hydrogen-bond donors (Lipinski definition) is 3. The molecule has 0 aromatic carbocycles. The van der Waals surface area contributed by atoms with Gasteiger partial charge in [-0.05, 0) is 58.9 Å². The lowest BCUT2D eigenvalue weighted by Gasteiger charge is -2.50. The van der Waals surface area contributed by atoms with Gasteiger partial charge in [-0.1, -0.05) is 6.42 Å². The zero-order valence-corrected chi connectivity index (χ0v) is 15.6. The number of amides is 2. The summed E-state index contributed by atoms with van der Waals surface area (Å²) in [6.45, 7) is 6.24. The van der Waals surface area contributed by atoms with Gasteiger partial charge in [0, 0.05) is 25.1 Å². The van der Waals surface area contributed by atoms with Gasteiger partial charge in [-0.3, -0.25) is 4.90 Å². The third-order valence-corrected chi connectivity index (χ3v) is 6.18.